The van der Waals surface area contributed by atoms with Gasteiger partial charge in [0.2, 0.25) is 0 Å². The normalized spacial score (nSPS) is 20.3. The van der Waals surface area contributed by atoms with Gasteiger partial charge in [-0.15, -0.1) is 11.3 Å². The maximum absolute atomic E-state index is 13.2. The highest BCUT2D eigenvalue weighted by atomic mass is 32.1. The molecule has 7 heteroatoms. The summed E-state index contributed by atoms with van der Waals surface area (Å²) in [6, 6.07) is 5.94. The molecule has 2 unspecified atom stereocenters. The summed E-state index contributed by atoms with van der Waals surface area (Å²) >= 11 is 1.35. The van der Waals surface area contributed by atoms with Gasteiger partial charge in [-0.3, -0.25) is 9.59 Å². The van der Waals surface area contributed by atoms with Crippen molar-refractivity contribution >= 4 is 23.2 Å². The topological polar surface area (TPSA) is 70.5 Å². The van der Waals surface area contributed by atoms with Crippen LogP contribution in [0.1, 0.15) is 34.4 Å². The molecule has 2 aromatic rings. The second-order valence-corrected chi connectivity index (χ2v) is 6.85. The van der Waals surface area contributed by atoms with Crippen molar-refractivity contribution < 1.29 is 19.1 Å². The number of hydrogen-bond donors (Lipinski definition) is 1. The number of amides is 1. The summed E-state index contributed by atoms with van der Waals surface area (Å²) in [6.45, 7) is 2.18. The molecule has 24 heavy (non-hydrogen) atoms. The second kappa shape index (κ2) is 6.68. The Labute approximate surface area is 142 Å². The molecule has 3 rings (SSSR count). The SMILES string of the molecule is CC1C(C(=O)O)CCN1C(=O)c1csc(Cc2cccc(F)c2)n1. The minimum absolute atomic E-state index is 0.243. The number of hydrogen-bond acceptors (Lipinski definition) is 4. The Morgan fingerprint density at radius 2 is 2.25 bits per heavy atom. The van der Waals surface area contributed by atoms with E-state index in [9.17, 15) is 14.0 Å². The third-order valence-electron chi connectivity index (χ3n) is 4.35. The fraction of sp³-hybridized carbons (Fsp3) is 0.353. The summed E-state index contributed by atoms with van der Waals surface area (Å²) in [6.07, 6.45) is 0.922. The van der Waals surface area contributed by atoms with Crippen LogP contribution in [0.25, 0.3) is 0 Å². The Balaban J connectivity index is 1.71. The van der Waals surface area contributed by atoms with Crippen LogP contribution in [-0.2, 0) is 11.2 Å². The van der Waals surface area contributed by atoms with Crippen molar-refractivity contribution in [3.05, 3.63) is 51.7 Å². The molecule has 0 radical (unpaired) electrons. The number of carboxylic acids is 1. The van der Waals surface area contributed by atoms with E-state index in [0.717, 1.165) is 10.6 Å². The number of aromatic nitrogens is 1. The molecule has 0 aliphatic carbocycles. The van der Waals surface area contributed by atoms with E-state index < -0.39 is 11.9 Å². The lowest BCUT2D eigenvalue weighted by atomic mass is 10.0. The van der Waals surface area contributed by atoms with Gasteiger partial charge < -0.3 is 10.0 Å². The van der Waals surface area contributed by atoms with Gasteiger partial charge in [0, 0.05) is 24.4 Å². The molecule has 1 aromatic carbocycles. The van der Waals surface area contributed by atoms with Crippen LogP contribution in [0, 0.1) is 11.7 Å². The largest absolute Gasteiger partial charge is 0.481 e. The number of thiazole rings is 1. The molecule has 2 heterocycles. The van der Waals surface area contributed by atoms with Crippen LogP contribution < -0.4 is 0 Å². The zero-order chi connectivity index (χ0) is 17.3. The van der Waals surface area contributed by atoms with Crippen LogP contribution in [-0.4, -0.2) is 39.5 Å². The van der Waals surface area contributed by atoms with E-state index in [1.807, 2.05) is 6.07 Å². The number of rotatable bonds is 4. The average Bonchev–Trinajstić information content (AvgIpc) is 3.13. The highest BCUT2D eigenvalue weighted by Gasteiger charge is 2.38. The Bertz CT molecular complexity index is 777. The molecule has 1 aliphatic heterocycles. The monoisotopic (exact) mass is 348 g/mol. The van der Waals surface area contributed by atoms with Crippen LogP contribution in [0.15, 0.2) is 29.6 Å². The first-order valence-electron chi connectivity index (χ1n) is 7.68. The number of carbonyl (C=O) groups is 2. The van der Waals surface area contributed by atoms with Crippen molar-refractivity contribution in [2.45, 2.75) is 25.8 Å². The fourth-order valence-corrected chi connectivity index (χ4v) is 3.82. The Morgan fingerprint density at radius 1 is 1.46 bits per heavy atom. The molecule has 1 fully saturated rings. The summed E-state index contributed by atoms with van der Waals surface area (Å²) in [5.74, 6) is -1.94. The van der Waals surface area contributed by atoms with Crippen LogP contribution in [0.2, 0.25) is 0 Å². The van der Waals surface area contributed by atoms with Crippen molar-refractivity contribution in [2.24, 2.45) is 5.92 Å². The number of carboxylic acid groups (broad SMARTS) is 1. The molecule has 5 nitrogen and oxygen atoms in total. The summed E-state index contributed by atoms with van der Waals surface area (Å²) in [4.78, 5) is 29.6. The van der Waals surface area contributed by atoms with E-state index in [1.54, 1.807) is 23.3 Å². The molecule has 2 atom stereocenters. The maximum atomic E-state index is 13.2. The maximum Gasteiger partial charge on any atom is 0.308 e. The van der Waals surface area contributed by atoms with Crippen molar-refractivity contribution in [1.29, 1.82) is 0 Å². The molecule has 1 aliphatic rings. The predicted octanol–water partition coefficient (Wildman–Crippen LogP) is 2.81. The van der Waals surface area contributed by atoms with Crippen molar-refractivity contribution in [3.8, 4) is 0 Å². The van der Waals surface area contributed by atoms with Gasteiger partial charge in [-0.2, -0.15) is 0 Å². The summed E-state index contributed by atoms with van der Waals surface area (Å²) < 4.78 is 13.2. The first-order valence-corrected chi connectivity index (χ1v) is 8.56. The zero-order valence-electron chi connectivity index (χ0n) is 13.1. The first kappa shape index (κ1) is 16.6. The summed E-state index contributed by atoms with van der Waals surface area (Å²) in [5, 5.41) is 11.6. The van der Waals surface area contributed by atoms with Gasteiger partial charge in [-0.05, 0) is 31.0 Å². The Morgan fingerprint density at radius 3 is 2.92 bits per heavy atom. The standard InChI is InChI=1S/C17H17FN2O3S/c1-10-13(17(22)23)5-6-20(10)16(21)14-9-24-15(19-14)8-11-3-2-4-12(18)7-11/h2-4,7,9-10,13H,5-6,8H2,1H3,(H,22,23). The lowest BCUT2D eigenvalue weighted by Gasteiger charge is -2.22. The average molecular weight is 348 g/mol. The third-order valence-corrected chi connectivity index (χ3v) is 5.20. The van der Waals surface area contributed by atoms with E-state index in [1.165, 1.54) is 23.5 Å². The van der Waals surface area contributed by atoms with E-state index in [-0.39, 0.29) is 17.8 Å². The number of likely N-dealkylation sites (tertiary alicyclic amines) is 1. The van der Waals surface area contributed by atoms with Crippen LogP contribution in [0.4, 0.5) is 4.39 Å². The van der Waals surface area contributed by atoms with E-state index >= 15 is 0 Å². The molecule has 0 saturated carbocycles. The smallest absolute Gasteiger partial charge is 0.308 e. The lowest BCUT2D eigenvalue weighted by molar-refractivity contribution is -0.142. The molecule has 1 N–H and O–H groups in total. The number of aliphatic carboxylic acids is 1. The Hall–Kier alpha value is -2.28. The molecule has 126 valence electrons. The number of benzene rings is 1. The van der Waals surface area contributed by atoms with E-state index in [2.05, 4.69) is 4.98 Å². The Kier molecular flexibility index (Phi) is 4.62. The quantitative estimate of drug-likeness (QED) is 0.922. The predicted molar refractivity (Wildman–Crippen MR) is 87.6 cm³/mol. The summed E-state index contributed by atoms with van der Waals surface area (Å²) in [5.41, 5.74) is 1.12. The van der Waals surface area contributed by atoms with Gasteiger partial charge in [0.1, 0.15) is 11.5 Å². The summed E-state index contributed by atoms with van der Waals surface area (Å²) in [7, 11) is 0. The minimum Gasteiger partial charge on any atom is -0.481 e. The van der Waals surface area contributed by atoms with Crippen LogP contribution in [0.5, 0.6) is 0 Å². The molecule has 1 saturated heterocycles. The number of halogens is 1. The van der Waals surface area contributed by atoms with Gasteiger partial charge in [-0.1, -0.05) is 12.1 Å². The van der Waals surface area contributed by atoms with Crippen molar-refractivity contribution in [1.82, 2.24) is 9.88 Å². The van der Waals surface area contributed by atoms with Gasteiger partial charge >= 0.3 is 5.97 Å². The minimum atomic E-state index is -0.872. The fourth-order valence-electron chi connectivity index (χ4n) is 3.02. The number of nitrogens with zero attached hydrogens (tertiary/aromatic N) is 2. The highest BCUT2D eigenvalue weighted by molar-refractivity contribution is 7.09. The highest BCUT2D eigenvalue weighted by Crippen LogP contribution is 2.26. The van der Waals surface area contributed by atoms with Crippen LogP contribution in [0.3, 0.4) is 0 Å². The van der Waals surface area contributed by atoms with Crippen molar-refractivity contribution in [3.63, 3.8) is 0 Å². The van der Waals surface area contributed by atoms with E-state index in [0.29, 0.717) is 25.1 Å². The van der Waals surface area contributed by atoms with Crippen molar-refractivity contribution in [2.75, 3.05) is 6.54 Å². The van der Waals surface area contributed by atoms with E-state index in [4.69, 9.17) is 5.11 Å². The molecular formula is C17H17FN2O3S. The molecule has 1 aromatic heterocycles. The van der Waals surface area contributed by atoms with Crippen LogP contribution >= 0.6 is 11.3 Å². The first-order chi connectivity index (χ1) is 11.5. The molecule has 1 amide bonds. The lowest BCUT2D eigenvalue weighted by Crippen LogP contribution is -2.37. The van der Waals surface area contributed by atoms with Gasteiger partial charge in [0.15, 0.2) is 0 Å². The number of carbonyl (C=O) groups excluding carboxylic acids is 1. The molecule has 0 bridgehead atoms. The molecular weight excluding hydrogens is 331 g/mol. The van der Waals surface area contributed by atoms with Gasteiger partial charge in [-0.25, -0.2) is 9.37 Å². The van der Waals surface area contributed by atoms with Gasteiger partial charge in [0.05, 0.1) is 10.9 Å². The molecule has 0 spiro atoms. The second-order valence-electron chi connectivity index (χ2n) is 5.91. The zero-order valence-corrected chi connectivity index (χ0v) is 13.9. The van der Waals surface area contributed by atoms with Gasteiger partial charge in [0.25, 0.3) is 5.91 Å². The third kappa shape index (κ3) is 3.31.